The van der Waals surface area contributed by atoms with E-state index in [9.17, 15) is 0 Å². The van der Waals surface area contributed by atoms with Gasteiger partial charge >= 0.3 is 0 Å². The van der Waals surface area contributed by atoms with Gasteiger partial charge in [-0.25, -0.2) is 0 Å². The van der Waals surface area contributed by atoms with Gasteiger partial charge in [-0.3, -0.25) is 0 Å². The van der Waals surface area contributed by atoms with Gasteiger partial charge in [-0.05, 0) is 25.2 Å². The van der Waals surface area contributed by atoms with Crippen LogP contribution in [0.15, 0.2) is 24.3 Å². The van der Waals surface area contributed by atoms with Gasteiger partial charge < -0.3 is 19.7 Å². The number of thiocarbonyl (C=S) groups is 1. The normalized spacial score (nSPS) is 16.0. The van der Waals surface area contributed by atoms with Crippen molar-refractivity contribution in [3.05, 3.63) is 29.8 Å². The molecule has 0 fully saturated rings. The van der Waals surface area contributed by atoms with Gasteiger partial charge in [0, 0.05) is 25.3 Å². The monoisotopic (exact) mass is 280 g/mol. The van der Waals surface area contributed by atoms with Crippen molar-refractivity contribution in [3.8, 4) is 5.75 Å². The average molecular weight is 280 g/mol. The van der Waals surface area contributed by atoms with Gasteiger partial charge in [0.2, 0.25) is 0 Å². The maximum atomic E-state index is 5.73. The highest BCUT2D eigenvalue weighted by molar-refractivity contribution is 7.80. The molecule has 0 aromatic heterocycles. The van der Waals surface area contributed by atoms with E-state index in [1.165, 1.54) is 5.56 Å². The molecule has 104 valence electrons. The van der Waals surface area contributed by atoms with E-state index in [2.05, 4.69) is 23.2 Å². The quantitative estimate of drug-likeness (QED) is 0.854. The van der Waals surface area contributed by atoms with Crippen LogP contribution in [-0.2, 0) is 11.3 Å². The van der Waals surface area contributed by atoms with E-state index in [-0.39, 0.29) is 6.04 Å². The van der Waals surface area contributed by atoms with Crippen molar-refractivity contribution < 1.29 is 9.47 Å². The van der Waals surface area contributed by atoms with Gasteiger partial charge in [0.15, 0.2) is 5.11 Å². The van der Waals surface area contributed by atoms with Crippen LogP contribution in [0.25, 0.3) is 0 Å². The van der Waals surface area contributed by atoms with Crippen LogP contribution in [0.3, 0.4) is 0 Å². The molecule has 1 unspecified atom stereocenters. The zero-order valence-corrected chi connectivity index (χ0v) is 12.2. The molecular weight excluding hydrogens is 260 g/mol. The van der Waals surface area contributed by atoms with Gasteiger partial charge in [-0.2, -0.15) is 0 Å². The van der Waals surface area contributed by atoms with E-state index < -0.39 is 0 Å². The summed E-state index contributed by atoms with van der Waals surface area (Å²) in [6.07, 6.45) is 0. The number of benzene rings is 1. The van der Waals surface area contributed by atoms with Crippen LogP contribution in [0, 0.1) is 0 Å². The Labute approximate surface area is 119 Å². The topological polar surface area (TPSA) is 33.7 Å². The molecule has 0 aliphatic carbocycles. The van der Waals surface area contributed by atoms with Crippen molar-refractivity contribution in [3.63, 3.8) is 0 Å². The van der Waals surface area contributed by atoms with Crippen molar-refractivity contribution in [2.24, 2.45) is 0 Å². The number of rotatable bonds is 3. The van der Waals surface area contributed by atoms with E-state index in [0.717, 1.165) is 24.0 Å². The molecule has 1 N–H and O–H groups in total. The molecule has 1 aliphatic rings. The molecule has 1 atom stereocenters. The molecule has 5 heteroatoms. The maximum absolute atomic E-state index is 5.73. The zero-order chi connectivity index (χ0) is 13.7. The smallest absolute Gasteiger partial charge is 0.169 e. The fourth-order valence-electron chi connectivity index (χ4n) is 2.09. The van der Waals surface area contributed by atoms with Gasteiger partial charge in [0.25, 0.3) is 0 Å². The van der Waals surface area contributed by atoms with E-state index in [1.807, 2.05) is 18.2 Å². The standard InChI is InChI=1S/C14H20N2O2S/c1-11(10-17-2)15-14(19)16-7-8-18-13-6-4-3-5-12(13)9-16/h3-6,11H,7-10H2,1-2H3,(H,15,19). The van der Waals surface area contributed by atoms with Crippen LogP contribution < -0.4 is 10.1 Å². The predicted octanol–water partition coefficient (Wildman–Crippen LogP) is 1.79. The third kappa shape index (κ3) is 3.81. The third-order valence-corrected chi connectivity index (χ3v) is 3.40. The maximum Gasteiger partial charge on any atom is 0.169 e. The minimum Gasteiger partial charge on any atom is -0.491 e. The van der Waals surface area contributed by atoms with Crippen LogP contribution in [0.1, 0.15) is 12.5 Å². The summed E-state index contributed by atoms with van der Waals surface area (Å²) >= 11 is 5.46. The van der Waals surface area contributed by atoms with Crippen molar-refractivity contribution in [2.45, 2.75) is 19.5 Å². The molecular formula is C14H20N2O2S. The molecule has 0 spiro atoms. The molecule has 1 aliphatic heterocycles. The second-order valence-electron chi connectivity index (χ2n) is 4.68. The molecule has 0 amide bonds. The van der Waals surface area contributed by atoms with Gasteiger partial charge in [-0.15, -0.1) is 0 Å². The number of hydrogen-bond acceptors (Lipinski definition) is 3. The van der Waals surface area contributed by atoms with Gasteiger partial charge in [0.05, 0.1) is 13.2 Å². The summed E-state index contributed by atoms with van der Waals surface area (Å²) in [7, 11) is 1.69. The minimum absolute atomic E-state index is 0.205. The summed E-state index contributed by atoms with van der Waals surface area (Å²) in [4.78, 5) is 2.13. The first-order valence-corrected chi connectivity index (χ1v) is 6.86. The fourth-order valence-corrected chi connectivity index (χ4v) is 2.45. The lowest BCUT2D eigenvalue weighted by Gasteiger charge is -2.26. The van der Waals surface area contributed by atoms with Crippen molar-refractivity contribution in [2.75, 3.05) is 26.9 Å². The average Bonchev–Trinajstić information content (AvgIpc) is 2.61. The Balaban J connectivity index is 2.00. The molecule has 19 heavy (non-hydrogen) atoms. The van der Waals surface area contributed by atoms with Crippen LogP contribution >= 0.6 is 12.2 Å². The van der Waals surface area contributed by atoms with Crippen LogP contribution in [-0.4, -0.2) is 42.9 Å². The Kier molecular flexibility index (Phi) is 4.99. The number of fused-ring (bicyclic) bond motifs is 1. The summed E-state index contributed by atoms with van der Waals surface area (Å²) in [5.74, 6) is 0.956. The SMILES string of the molecule is COCC(C)NC(=S)N1CCOc2ccccc2C1. The molecule has 4 nitrogen and oxygen atoms in total. The lowest BCUT2D eigenvalue weighted by molar-refractivity contribution is 0.177. The largest absolute Gasteiger partial charge is 0.491 e. The van der Waals surface area contributed by atoms with E-state index >= 15 is 0 Å². The summed E-state index contributed by atoms with van der Waals surface area (Å²) < 4.78 is 10.8. The highest BCUT2D eigenvalue weighted by Crippen LogP contribution is 2.22. The highest BCUT2D eigenvalue weighted by atomic mass is 32.1. The van der Waals surface area contributed by atoms with Gasteiger partial charge in [-0.1, -0.05) is 18.2 Å². The van der Waals surface area contributed by atoms with Crippen molar-refractivity contribution in [1.82, 2.24) is 10.2 Å². The van der Waals surface area contributed by atoms with E-state index in [4.69, 9.17) is 21.7 Å². The highest BCUT2D eigenvalue weighted by Gasteiger charge is 2.17. The Morgan fingerprint density at radius 1 is 1.53 bits per heavy atom. The first kappa shape index (κ1) is 14.1. The summed E-state index contributed by atoms with van der Waals surface area (Å²) in [6, 6.07) is 8.30. The molecule has 1 heterocycles. The van der Waals surface area contributed by atoms with Crippen LogP contribution in [0.2, 0.25) is 0 Å². The van der Waals surface area contributed by atoms with Crippen molar-refractivity contribution >= 4 is 17.3 Å². The Hall–Kier alpha value is -1.33. The Bertz CT molecular complexity index is 439. The van der Waals surface area contributed by atoms with Crippen LogP contribution in [0.5, 0.6) is 5.75 Å². The molecule has 0 saturated heterocycles. The molecule has 0 bridgehead atoms. The fraction of sp³-hybridized carbons (Fsp3) is 0.500. The number of nitrogens with zero attached hydrogens (tertiary/aromatic N) is 1. The van der Waals surface area contributed by atoms with Gasteiger partial charge in [0.1, 0.15) is 12.4 Å². The number of hydrogen-bond donors (Lipinski definition) is 1. The second kappa shape index (κ2) is 6.73. The number of nitrogens with one attached hydrogen (secondary N) is 1. The number of para-hydroxylation sites is 1. The number of methoxy groups -OCH3 is 1. The molecule has 1 aromatic rings. The zero-order valence-electron chi connectivity index (χ0n) is 11.4. The third-order valence-electron chi connectivity index (χ3n) is 3.03. The first-order chi connectivity index (χ1) is 9.20. The summed E-state index contributed by atoms with van der Waals surface area (Å²) in [6.45, 7) is 4.92. The van der Waals surface area contributed by atoms with E-state index in [0.29, 0.717) is 13.2 Å². The summed E-state index contributed by atoms with van der Waals surface area (Å²) in [5, 5.41) is 4.04. The number of ether oxygens (including phenoxy) is 2. The molecule has 0 radical (unpaired) electrons. The first-order valence-electron chi connectivity index (χ1n) is 6.46. The Morgan fingerprint density at radius 3 is 3.11 bits per heavy atom. The van der Waals surface area contributed by atoms with Crippen molar-refractivity contribution in [1.29, 1.82) is 0 Å². The molecule has 2 rings (SSSR count). The predicted molar refractivity (Wildman–Crippen MR) is 79.4 cm³/mol. The lowest BCUT2D eigenvalue weighted by atomic mass is 10.2. The Morgan fingerprint density at radius 2 is 2.32 bits per heavy atom. The lowest BCUT2D eigenvalue weighted by Crippen LogP contribution is -2.45. The molecule has 1 aromatic carbocycles. The van der Waals surface area contributed by atoms with E-state index in [1.54, 1.807) is 7.11 Å². The molecule has 0 saturated carbocycles. The second-order valence-corrected chi connectivity index (χ2v) is 5.07. The minimum atomic E-state index is 0.205. The van der Waals surface area contributed by atoms with Crippen LogP contribution in [0.4, 0.5) is 0 Å². The summed E-state index contributed by atoms with van der Waals surface area (Å²) in [5.41, 5.74) is 1.17.